The molecule has 2 aromatic carbocycles. The van der Waals surface area contributed by atoms with Crippen LogP contribution in [0.4, 0.5) is 0 Å². The molecule has 1 heterocycles. The molecule has 0 bridgehead atoms. The summed E-state index contributed by atoms with van der Waals surface area (Å²) in [6, 6.07) is 19.4. The van der Waals surface area contributed by atoms with Crippen LogP contribution in [0.2, 0.25) is 0 Å². The van der Waals surface area contributed by atoms with Gasteiger partial charge in [0.15, 0.2) is 0 Å². The fraction of sp³-hybridized carbons (Fsp3) is 0.105. The Hall–Kier alpha value is -2.39. The Balaban J connectivity index is 1.86. The average molecular weight is 308 g/mol. The highest BCUT2D eigenvalue weighted by Gasteiger charge is 2.16. The fourth-order valence-electron chi connectivity index (χ4n) is 2.22. The minimum absolute atomic E-state index is 0.0155. The van der Waals surface area contributed by atoms with E-state index in [-0.39, 0.29) is 5.78 Å². The highest BCUT2D eigenvalue weighted by atomic mass is 32.1. The van der Waals surface area contributed by atoms with E-state index in [1.807, 2.05) is 73.0 Å². The molecular weight excluding hydrogens is 292 g/mol. The molecule has 0 saturated carbocycles. The smallest absolute Gasteiger partial charge is 0.206 e. The highest BCUT2D eigenvalue weighted by molar-refractivity contribution is 7.12. The van der Waals surface area contributed by atoms with E-state index in [1.54, 1.807) is 0 Å². The molecule has 1 aromatic heterocycles. The Kier molecular flexibility index (Phi) is 4.35. The molecule has 0 unspecified atom stereocenters. The number of ketones is 1. The number of aryl methyl sites for hydroxylation is 1. The predicted octanol–water partition coefficient (Wildman–Crippen LogP) is 4.87. The molecule has 22 heavy (non-hydrogen) atoms. The lowest BCUT2D eigenvalue weighted by molar-refractivity contribution is 0.103. The summed E-state index contributed by atoms with van der Waals surface area (Å²) in [5.74, 6) is 0.648. The average Bonchev–Trinajstić information content (AvgIpc) is 3.08. The third kappa shape index (κ3) is 3.26. The summed E-state index contributed by atoms with van der Waals surface area (Å²) in [7, 11) is 0. The van der Waals surface area contributed by atoms with Crippen molar-refractivity contribution in [3.05, 3.63) is 87.6 Å². The van der Waals surface area contributed by atoms with Gasteiger partial charge in [-0.3, -0.25) is 4.79 Å². The highest BCUT2D eigenvalue weighted by Crippen LogP contribution is 2.25. The number of carbonyl (C=O) groups is 1. The first-order chi connectivity index (χ1) is 10.7. The van der Waals surface area contributed by atoms with E-state index in [4.69, 9.17) is 4.74 Å². The Morgan fingerprint density at radius 1 is 1.05 bits per heavy atom. The first-order valence-corrected chi connectivity index (χ1v) is 7.97. The minimum atomic E-state index is 0.0155. The SMILES string of the molecule is Cc1ccc(OCc2ccccc2)c(C(=O)c2cccs2)c1. The van der Waals surface area contributed by atoms with Gasteiger partial charge in [-0.1, -0.05) is 48.0 Å². The van der Waals surface area contributed by atoms with E-state index >= 15 is 0 Å². The monoisotopic (exact) mass is 308 g/mol. The zero-order valence-electron chi connectivity index (χ0n) is 12.3. The quantitative estimate of drug-likeness (QED) is 0.629. The molecule has 0 spiro atoms. The van der Waals surface area contributed by atoms with Crippen LogP contribution in [-0.2, 0) is 6.61 Å². The van der Waals surface area contributed by atoms with E-state index in [2.05, 4.69) is 0 Å². The Bertz CT molecular complexity index is 761. The number of thiophene rings is 1. The molecule has 0 saturated heterocycles. The molecule has 0 aliphatic carbocycles. The lowest BCUT2D eigenvalue weighted by atomic mass is 10.1. The third-order valence-electron chi connectivity index (χ3n) is 3.36. The van der Waals surface area contributed by atoms with Crippen LogP contribution in [0.15, 0.2) is 66.0 Å². The summed E-state index contributed by atoms with van der Waals surface area (Å²) < 4.78 is 5.88. The second-order valence-electron chi connectivity index (χ2n) is 5.08. The molecule has 2 nitrogen and oxygen atoms in total. The van der Waals surface area contributed by atoms with Gasteiger partial charge in [-0.15, -0.1) is 11.3 Å². The van der Waals surface area contributed by atoms with Gasteiger partial charge in [-0.25, -0.2) is 0 Å². The first kappa shape index (κ1) is 14.5. The van der Waals surface area contributed by atoms with Gasteiger partial charge < -0.3 is 4.74 Å². The van der Waals surface area contributed by atoms with E-state index < -0.39 is 0 Å². The number of ether oxygens (including phenoxy) is 1. The maximum atomic E-state index is 12.6. The van der Waals surface area contributed by atoms with Crippen LogP contribution in [0.5, 0.6) is 5.75 Å². The van der Waals surface area contributed by atoms with Gasteiger partial charge in [0.25, 0.3) is 0 Å². The Morgan fingerprint density at radius 3 is 2.59 bits per heavy atom. The summed E-state index contributed by atoms with van der Waals surface area (Å²) in [4.78, 5) is 13.4. The second kappa shape index (κ2) is 6.58. The van der Waals surface area contributed by atoms with E-state index in [9.17, 15) is 4.79 Å². The van der Waals surface area contributed by atoms with E-state index in [1.165, 1.54) is 11.3 Å². The van der Waals surface area contributed by atoms with Gasteiger partial charge in [-0.2, -0.15) is 0 Å². The van der Waals surface area contributed by atoms with Gasteiger partial charge in [0.2, 0.25) is 5.78 Å². The van der Waals surface area contributed by atoms with Crippen LogP contribution in [-0.4, -0.2) is 5.78 Å². The summed E-state index contributed by atoms with van der Waals surface area (Å²) in [5, 5.41) is 1.91. The third-order valence-corrected chi connectivity index (χ3v) is 4.23. The number of rotatable bonds is 5. The standard InChI is InChI=1S/C19H16O2S/c1-14-9-10-17(21-13-15-6-3-2-4-7-15)16(12-14)19(20)18-8-5-11-22-18/h2-12H,13H2,1H3. The zero-order valence-corrected chi connectivity index (χ0v) is 13.1. The second-order valence-corrected chi connectivity index (χ2v) is 6.03. The normalized spacial score (nSPS) is 10.4. The summed E-state index contributed by atoms with van der Waals surface area (Å²) in [5.41, 5.74) is 2.75. The van der Waals surface area contributed by atoms with Crippen molar-refractivity contribution in [2.24, 2.45) is 0 Å². The Morgan fingerprint density at radius 2 is 1.86 bits per heavy atom. The molecule has 0 aliphatic rings. The molecule has 3 aromatic rings. The molecule has 110 valence electrons. The van der Waals surface area contributed by atoms with Crippen molar-refractivity contribution in [3.8, 4) is 5.75 Å². The molecule has 0 amide bonds. The largest absolute Gasteiger partial charge is 0.488 e. The molecule has 3 rings (SSSR count). The van der Waals surface area contributed by atoms with E-state index in [0.717, 1.165) is 16.0 Å². The van der Waals surface area contributed by atoms with Crippen molar-refractivity contribution in [2.75, 3.05) is 0 Å². The fourth-order valence-corrected chi connectivity index (χ4v) is 2.90. The molecule has 0 aliphatic heterocycles. The maximum absolute atomic E-state index is 12.6. The first-order valence-electron chi connectivity index (χ1n) is 7.09. The molecule has 3 heteroatoms. The minimum Gasteiger partial charge on any atom is -0.488 e. The van der Waals surface area contributed by atoms with Crippen LogP contribution < -0.4 is 4.74 Å². The summed E-state index contributed by atoms with van der Waals surface area (Å²) in [6.07, 6.45) is 0. The predicted molar refractivity (Wildman–Crippen MR) is 89.7 cm³/mol. The lowest BCUT2D eigenvalue weighted by Crippen LogP contribution is -2.05. The number of carbonyl (C=O) groups excluding carboxylic acids is 1. The van der Waals surface area contributed by atoms with Crippen molar-refractivity contribution in [1.29, 1.82) is 0 Å². The van der Waals surface area contributed by atoms with Crippen molar-refractivity contribution in [1.82, 2.24) is 0 Å². The van der Waals surface area contributed by atoms with Gasteiger partial charge >= 0.3 is 0 Å². The number of hydrogen-bond acceptors (Lipinski definition) is 3. The summed E-state index contributed by atoms with van der Waals surface area (Å²) >= 11 is 1.45. The van der Waals surface area contributed by atoms with Crippen LogP contribution in [0, 0.1) is 6.92 Å². The van der Waals surface area contributed by atoms with Crippen LogP contribution in [0.3, 0.4) is 0 Å². The van der Waals surface area contributed by atoms with Gasteiger partial charge in [0.1, 0.15) is 12.4 Å². The number of hydrogen-bond donors (Lipinski definition) is 0. The van der Waals surface area contributed by atoms with Crippen LogP contribution >= 0.6 is 11.3 Å². The maximum Gasteiger partial charge on any atom is 0.206 e. The van der Waals surface area contributed by atoms with Crippen molar-refractivity contribution in [3.63, 3.8) is 0 Å². The van der Waals surface area contributed by atoms with Crippen molar-refractivity contribution < 1.29 is 9.53 Å². The Labute approximate surface area is 134 Å². The topological polar surface area (TPSA) is 26.3 Å². The molecule has 0 radical (unpaired) electrons. The van der Waals surface area contributed by atoms with Gasteiger partial charge in [-0.05, 0) is 36.1 Å². The van der Waals surface area contributed by atoms with Crippen LogP contribution in [0.1, 0.15) is 26.4 Å². The number of benzene rings is 2. The molecule has 0 atom stereocenters. The van der Waals surface area contributed by atoms with E-state index in [0.29, 0.717) is 17.9 Å². The van der Waals surface area contributed by atoms with Crippen molar-refractivity contribution >= 4 is 17.1 Å². The molecule has 0 N–H and O–H groups in total. The molecule has 0 fully saturated rings. The van der Waals surface area contributed by atoms with Crippen molar-refractivity contribution in [2.45, 2.75) is 13.5 Å². The summed E-state index contributed by atoms with van der Waals surface area (Å²) in [6.45, 7) is 2.43. The lowest BCUT2D eigenvalue weighted by Gasteiger charge is -2.11. The van der Waals surface area contributed by atoms with Crippen LogP contribution in [0.25, 0.3) is 0 Å². The molecular formula is C19H16O2S. The van der Waals surface area contributed by atoms with Gasteiger partial charge in [0.05, 0.1) is 10.4 Å². The zero-order chi connectivity index (χ0) is 15.4. The van der Waals surface area contributed by atoms with Gasteiger partial charge in [0, 0.05) is 0 Å².